The van der Waals surface area contributed by atoms with E-state index in [0.29, 0.717) is 36.3 Å². The predicted molar refractivity (Wildman–Crippen MR) is 115 cm³/mol. The number of aryl methyl sites for hydroxylation is 1. The third-order valence-electron chi connectivity index (χ3n) is 5.95. The molecule has 3 nitrogen and oxygen atoms in total. The zero-order valence-electron chi connectivity index (χ0n) is 18.2. The lowest BCUT2D eigenvalue weighted by Crippen LogP contribution is -2.25. The van der Waals surface area contributed by atoms with Crippen molar-refractivity contribution in [3.05, 3.63) is 94.0 Å². The Balaban J connectivity index is 1.50. The molecule has 0 heterocycles. The van der Waals surface area contributed by atoms with Crippen LogP contribution in [0.25, 0.3) is 0 Å². The van der Waals surface area contributed by atoms with Crippen molar-refractivity contribution in [1.82, 2.24) is 0 Å². The van der Waals surface area contributed by atoms with Crippen LogP contribution in [0.2, 0.25) is 0 Å². The minimum atomic E-state index is -4.93. The first-order valence-electron chi connectivity index (χ1n) is 10.8. The normalized spacial score (nSPS) is 16.2. The van der Waals surface area contributed by atoms with Crippen LogP contribution in [0.5, 0.6) is 11.5 Å². The number of phenols is 1. The number of aromatic hydroxyl groups is 1. The Bertz CT molecular complexity index is 1200. The highest BCUT2D eigenvalue weighted by Crippen LogP contribution is 2.38. The molecule has 0 aromatic heterocycles. The van der Waals surface area contributed by atoms with Crippen LogP contribution in [0, 0.1) is 5.92 Å². The van der Waals surface area contributed by atoms with E-state index in [0.717, 1.165) is 11.1 Å². The molecule has 35 heavy (non-hydrogen) atoms. The van der Waals surface area contributed by atoms with Crippen LogP contribution in [0.15, 0.2) is 60.7 Å². The van der Waals surface area contributed by atoms with Crippen molar-refractivity contribution in [2.24, 2.45) is 5.92 Å². The molecule has 4 rings (SSSR count). The number of ether oxygens (including phenoxy) is 1. The van der Waals surface area contributed by atoms with Gasteiger partial charge in [0.1, 0.15) is 18.1 Å². The molecule has 3 aromatic carbocycles. The van der Waals surface area contributed by atoms with Gasteiger partial charge in [-0.25, -0.2) is 0 Å². The quantitative estimate of drug-likeness (QED) is 0.389. The maximum atomic E-state index is 13.2. The lowest BCUT2D eigenvalue weighted by molar-refractivity contribution is -0.143. The summed E-state index contributed by atoms with van der Waals surface area (Å²) in [5.41, 5.74) is -1.02. The Morgan fingerprint density at radius 2 is 1.46 bits per heavy atom. The molecule has 0 radical (unpaired) electrons. The Kier molecular flexibility index (Phi) is 6.53. The number of carbonyl (C=O) groups excluding carboxylic acids is 1. The van der Waals surface area contributed by atoms with Crippen molar-refractivity contribution in [2.45, 2.75) is 38.2 Å². The minimum Gasteiger partial charge on any atom is -0.508 e. The first kappa shape index (κ1) is 24.6. The number of carbonyl (C=O) groups is 1. The Morgan fingerprint density at radius 1 is 0.829 bits per heavy atom. The molecule has 1 N–H and O–H groups in total. The summed E-state index contributed by atoms with van der Waals surface area (Å²) in [6.07, 6.45) is -9.35. The first-order valence-corrected chi connectivity index (χ1v) is 10.8. The highest BCUT2D eigenvalue weighted by atomic mass is 19.4. The van der Waals surface area contributed by atoms with E-state index in [1.807, 2.05) is 0 Å². The summed E-state index contributed by atoms with van der Waals surface area (Å²) >= 11 is 0. The minimum absolute atomic E-state index is 0.0845. The molecule has 0 bridgehead atoms. The molecule has 3 aromatic rings. The van der Waals surface area contributed by atoms with E-state index in [1.165, 1.54) is 12.1 Å². The summed E-state index contributed by atoms with van der Waals surface area (Å²) in [6.45, 7) is 0.243. The van der Waals surface area contributed by atoms with E-state index >= 15 is 0 Å². The fourth-order valence-electron chi connectivity index (χ4n) is 4.16. The fraction of sp³-hybridized carbons (Fsp3) is 0.269. The molecule has 1 aliphatic rings. The van der Waals surface area contributed by atoms with Crippen LogP contribution in [-0.2, 0) is 31.8 Å². The topological polar surface area (TPSA) is 46.5 Å². The van der Waals surface area contributed by atoms with Gasteiger partial charge >= 0.3 is 12.4 Å². The third kappa shape index (κ3) is 5.78. The number of benzene rings is 3. The maximum Gasteiger partial charge on any atom is 0.416 e. The summed E-state index contributed by atoms with van der Waals surface area (Å²) < 4.78 is 84.7. The van der Waals surface area contributed by atoms with Crippen LogP contribution in [0.3, 0.4) is 0 Å². The van der Waals surface area contributed by atoms with E-state index in [1.54, 1.807) is 30.3 Å². The van der Waals surface area contributed by atoms with E-state index in [4.69, 9.17) is 4.74 Å². The Labute approximate surface area is 197 Å². The number of hydrogen-bond acceptors (Lipinski definition) is 3. The smallest absolute Gasteiger partial charge is 0.416 e. The average Bonchev–Trinajstić information content (AvgIpc) is 2.79. The van der Waals surface area contributed by atoms with Gasteiger partial charge in [-0.05, 0) is 84.5 Å². The molecule has 0 saturated heterocycles. The maximum absolute atomic E-state index is 13.2. The summed E-state index contributed by atoms with van der Waals surface area (Å²) in [5.74, 6) is -0.385. The molecule has 0 aliphatic heterocycles. The van der Waals surface area contributed by atoms with Gasteiger partial charge in [0, 0.05) is 11.5 Å². The molecule has 184 valence electrons. The number of rotatable bonds is 5. The molecule has 1 aliphatic carbocycles. The first-order chi connectivity index (χ1) is 16.4. The van der Waals surface area contributed by atoms with Crippen LogP contribution in [-0.4, -0.2) is 10.9 Å². The number of fused-ring (bicyclic) bond motifs is 1. The van der Waals surface area contributed by atoms with E-state index in [-0.39, 0.29) is 36.2 Å². The lowest BCUT2D eigenvalue weighted by Gasteiger charge is -2.24. The van der Waals surface area contributed by atoms with Crippen molar-refractivity contribution in [1.29, 1.82) is 0 Å². The molecule has 0 fully saturated rings. The number of alkyl halides is 6. The van der Waals surface area contributed by atoms with Gasteiger partial charge in [0.15, 0.2) is 5.78 Å². The van der Waals surface area contributed by atoms with Crippen LogP contribution >= 0.6 is 0 Å². The highest BCUT2D eigenvalue weighted by molar-refractivity contribution is 6.00. The summed E-state index contributed by atoms with van der Waals surface area (Å²) in [7, 11) is 0. The fourth-order valence-corrected chi connectivity index (χ4v) is 4.16. The zero-order chi connectivity index (χ0) is 25.4. The van der Waals surface area contributed by atoms with E-state index in [9.17, 15) is 36.2 Å². The van der Waals surface area contributed by atoms with Gasteiger partial charge in [0.05, 0.1) is 11.1 Å². The standard InChI is InChI=1S/C26H20F6O3/c27-25(28,29)19-10-16(11-20(13-19)26(30,31)32)9-18-4-3-17-12-22(7-8-23(17)24(18)34)35-14-15-1-5-21(33)6-2-15/h1-2,5-8,10-13,18,33H,3-4,9,14H2. The van der Waals surface area contributed by atoms with Crippen LogP contribution < -0.4 is 4.74 Å². The number of halogens is 6. The van der Waals surface area contributed by atoms with Gasteiger partial charge in [0.25, 0.3) is 0 Å². The van der Waals surface area contributed by atoms with Crippen molar-refractivity contribution >= 4 is 5.78 Å². The van der Waals surface area contributed by atoms with E-state index < -0.39 is 29.4 Å². The number of Topliss-reactive ketones (excluding diaryl/α,β-unsaturated/α-hetero) is 1. The van der Waals surface area contributed by atoms with Gasteiger partial charge in [-0.2, -0.15) is 26.3 Å². The molecule has 9 heteroatoms. The predicted octanol–water partition coefficient (Wildman–Crippen LogP) is 7.00. The van der Waals surface area contributed by atoms with Crippen molar-refractivity contribution < 1.29 is 41.0 Å². The van der Waals surface area contributed by atoms with Crippen molar-refractivity contribution in [3.8, 4) is 11.5 Å². The monoisotopic (exact) mass is 494 g/mol. The van der Waals surface area contributed by atoms with Crippen molar-refractivity contribution in [2.75, 3.05) is 0 Å². The lowest BCUT2D eigenvalue weighted by atomic mass is 9.79. The molecular weight excluding hydrogens is 474 g/mol. The molecule has 1 unspecified atom stereocenters. The Morgan fingerprint density at radius 3 is 2.06 bits per heavy atom. The molecule has 0 saturated carbocycles. The van der Waals surface area contributed by atoms with E-state index in [2.05, 4.69) is 0 Å². The van der Waals surface area contributed by atoms with Crippen LogP contribution in [0.4, 0.5) is 26.3 Å². The van der Waals surface area contributed by atoms with Crippen LogP contribution in [0.1, 0.15) is 44.6 Å². The Hall–Kier alpha value is -3.49. The third-order valence-corrected chi connectivity index (χ3v) is 5.95. The second-order valence-electron chi connectivity index (χ2n) is 8.49. The zero-order valence-corrected chi connectivity index (χ0v) is 18.2. The molecular formula is C26H20F6O3. The largest absolute Gasteiger partial charge is 0.508 e. The average molecular weight is 494 g/mol. The number of phenolic OH excluding ortho intramolecular Hbond substituents is 1. The van der Waals surface area contributed by atoms with Gasteiger partial charge < -0.3 is 9.84 Å². The van der Waals surface area contributed by atoms with Gasteiger partial charge in [-0.15, -0.1) is 0 Å². The second-order valence-corrected chi connectivity index (χ2v) is 8.49. The number of hydrogen-bond donors (Lipinski definition) is 1. The van der Waals surface area contributed by atoms with Gasteiger partial charge in [-0.1, -0.05) is 12.1 Å². The molecule has 0 amide bonds. The second kappa shape index (κ2) is 9.28. The molecule has 1 atom stereocenters. The van der Waals surface area contributed by atoms with Gasteiger partial charge in [0.2, 0.25) is 0 Å². The SMILES string of the molecule is O=C1c2ccc(OCc3ccc(O)cc3)cc2CCC1Cc1cc(C(F)(F)F)cc(C(F)(F)F)c1. The van der Waals surface area contributed by atoms with Crippen molar-refractivity contribution in [3.63, 3.8) is 0 Å². The summed E-state index contributed by atoms with van der Waals surface area (Å²) in [6, 6.07) is 12.8. The highest BCUT2D eigenvalue weighted by Gasteiger charge is 2.37. The molecule has 0 spiro atoms. The van der Waals surface area contributed by atoms with Gasteiger partial charge in [-0.3, -0.25) is 4.79 Å². The summed E-state index contributed by atoms with van der Waals surface area (Å²) in [4.78, 5) is 13.0. The number of ketones is 1. The summed E-state index contributed by atoms with van der Waals surface area (Å²) in [5, 5.41) is 9.34.